The lowest BCUT2D eigenvalue weighted by Crippen LogP contribution is -3.06. The fourth-order valence-corrected chi connectivity index (χ4v) is 3.80. The molecule has 1 saturated heterocycles. The number of fused-ring (bicyclic) bond motifs is 1. The second-order valence-electron chi connectivity index (χ2n) is 6.37. The molecule has 2 heterocycles. The number of thioether (sulfide) groups is 1. The number of rotatable bonds is 7. The second kappa shape index (κ2) is 8.73. The first-order valence-corrected chi connectivity index (χ1v) is 9.76. The minimum Gasteiger partial charge on any atom is -0.460 e. The van der Waals surface area contributed by atoms with Crippen LogP contribution in [0.3, 0.4) is 0 Å². The van der Waals surface area contributed by atoms with Gasteiger partial charge in [0.2, 0.25) is 6.79 Å². The van der Waals surface area contributed by atoms with Crippen LogP contribution in [0.15, 0.2) is 23.1 Å². The summed E-state index contributed by atoms with van der Waals surface area (Å²) in [5.41, 5.74) is 0.824. The number of benzene rings is 1. The van der Waals surface area contributed by atoms with E-state index in [1.807, 2.05) is 26.2 Å². The van der Waals surface area contributed by atoms with E-state index in [0.717, 1.165) is 12.1 Å². The van der Waals surface area contributed by atoms with Crippen molar-refractivity contribution in [2.75, 3.05) is 40.6 Å². The number of nitrogens with zero attached hydrogens (tertiary/aromatic N) is 1. The topological polar surface area (TPSA) is 69.5 Å². The van der Waals surface area contributed by atoms with Gasteiger partial charge in [-0.2, -0.15) is 0 Å². The van der Waals surface area contributed by atoms with Gasteiger partial charge in [-0.15, -0.1) is 0 Å². The third-order valence-corrected chi connectivity index (χ3v) is 5.35. The predicted molar refractivity (Wildman–Crippen MR) is 106 cm³/mol. The minimum absolute atomic E-state index is 0.118. The Morgan fingerprint density at radius 1 is 1.37 bits per heavy atom. The molecule has 0 radical (unpaired) electrons. The Morgan fingerprint density at radius 2 is 2.15 bits per heavy atom. The predicted octanol–water partition coefficient (Wildman–Crippen LogP) is 0.694. The molecule has 1 fully saturated rings. The van der Waals surface area contributed by atoms with Crippen molar-refractivity contribution in [3.8, 4) is 11.5 Å². The molecule has 1 amide bonds. The van der Waals surface area contributed by atoms with Crippen LogP contribution in [0.25, 0.3) is 6.08 Å². The van der Waals surface area contributed by atoms with Crippen molar-refractivity contribution in [1.82, 2.24) is 4.90 Å². The average Bonchev–Trinajstić information content (AvgIpc) is 3.18. The number of hydrogen-bond donors (Lipinski definition) is 1. The lowest BCUT2D eigenvalue weighted by molar-refractivity contribution is -0.858. The van der Waals surface area contributed by atoms with Gasteiger partial charge in [0.05, 0.1) is 25.4 Å². The highest BCUT2D eigenvalue weighted by molar-refractivity contribution is 8.26. The van der Waals surface area contributed by atoms with Crippen LogP contribution in [0.4, 0.5) is 0 Å². The Balaban J connectivity index is 1.57. The third-order valence-electron chi connectivity index (χ3n) is 3.97. The van der Waals surface area contributed by atoms with Crippen molar-refractivity contribution >= 4 is 46.3 Å². The van der Waals surface area contributed by atoms with E-state index in [1.54, 1.807) is 12.1 Å². The molecule has 1 aromatic rings. The molecule has 0 saturated carbocycles. The van der Waals surface area contributed by atoms with Crippen molar-refractivity contribution in [3.05, 3.63) is 28.7 Å². The second-order valence-corrected chi connectivity index (χ2v) is 8.05. The van der Waals surface area contributed by atoms with Crippen molar-refractivity contribution in [3.63, 3.8) is 0 Å². The molecule has 2 aliphatic heterocycles. The highest BCUT2D eigenvalue weighted by Gasteiger charge is 2.32. The summed E-state index contributed by atoms with van der Waals surface area (Å²) in [7, 11) is 3.97. The maximum Gasteiger partial charge on any atom is 0.307 e. The standard InChI is InChI=1S/C18H20N2O5S2/c1-19(2)7-8-23-16(21)5-6-20-17(22)15(27-18(20)26)10-12-3-4-13-14(9-12)25-11-24-13/h3-4,9-10H,5-8,11H2,1-2H3/p+1. The lowest BCUT2D eigenvalue weighted by atomic mass is 10.2. The summed E-state index contributed by atoms with van der Waals surface area (Å²) in [4.78, 5) is 27.6. The molecule has 7 nitrogen and oxygen atoms in total. The number of quaternary nitrogens is 1. The quantitative estimate of drug-likeness (QED) is 0.404. The van der Waals surface area contributed by atoms with Gasteiger partial charge in [-0.05, 0) is 23.8 Å². The number of thiocarbonyl (C=S) groups is 1. The summed E-state index contributed by atoms with van der Waals surface area (Å²) in [6, 6.07) is 5.48. The summed E-state index contributed by atoms with van der Waals surface area (Å²) in [5.74, 6) is 0.814. The highest BCUT2D eigenvalue weighted by Crippen LogP contribution is 2.36. The van der Waals surface area contributed by atoms with Crippen LogP contribution in [0, 0.1) is 0 Å². The maximum atomic E-state index is 12.6. The van der Waals surface area contributed by atoms with E-state index in [-0.39, 0.29) is 31.6 Å². The van der Waals surface area contributed by atoms with Crippen LogP contribution in [0.5, 0.6) is 11.5 Å². The molecule has 27 heavy (non-hydrogen) atoms. The summed E-state index contributed by atoms with van der Waals surface area (Å²) in [6.45, 7) is 1.53. The fourth-order valence-electron chi connectivity index (χ4n) is 2.49. The molecule has 0 unspecified atom stereocenters. The first-order chi connectivity index (χ1) is 12.9. The molecule has 9 heteroatoms. The molecule has 0 bridgehead atoms. The molecular formula is C18H21N2O5S2+. The Hall–Kier alpha value is -2.10. The number of carbonyl (C=O) groups excluding carboxylic acids is 2. The first-order valence-electron chi connectivity index (χ1n) is 8.53. The Labute approximate surface area is 167 Å². The maximum absolute atomic E-state index is 12.6. The van der Waals surface area contributed by atoms with Crippen LogP contribution in [-0.2, 0) is 14.3 Å². The third kappa shape index (κ3) is 5.00. The van der Waals surface area contributed by atoms with E-state index in [2.05, 4.69) is 0 Å². The van der Waals surface area contributed by atoms with Gasteiger partial charge in [-0.3, -0.25) is 14.5 Å². The molecule has 0 aliphatic carbocycles. The van der Waals surface area contributed by atoms with Crippen LogP contribution in [0.1, 0.15) is 12.0 Å². The van der Waals surface area contributed by atoms with Gasteiger partial charge in [0.25, 0.3) is 5.91 Å². The largest absolute Gasteiger partial charge is 0.460 e. The normalized spacial score (nSPS) is 17.3. The number of hydrogen-bond acceptors (Lipinski definition) is 7. The van der Waals surface area contributed by atoms with Gasteiger partial charge >= 0.3 is 5.97 Å². The number of esters is 1. The van der Waals surface area contributed by atoms with Gasteiger partial charge in [-0.25, -0.2) is 0 Å². The number of amides is 1. The number of carbonyl (C=O) groups is 2. The summed E-state index contributed by atoms with van der Waals surface area (Å²) >= 11 is 6.52. The molecule has 144 valence electrons. The van der Waals surface area contributed by atoms with Crippen molar-refractivity contribution < 1.29 is 28.7 Å². The van der Waals surface area contributed by atoms with E-state index >= 15 is 0 Å². The molecule has 1 N–H and O–H groups in total. The zero-order chi connectivity index (χ0) is 19.4. The van der Waals surface area contributed by atoms with E-state index in [4.69, 9.17) is 26.4 Å². The molecule has 2 aliphatic rings. The fraction of sp³-hybridized carbons (Fsp3) is 0.389. The van der Waals surface area contributed by atoms with Gasteiger partial charge < -0.3 is 19.1 Å². The summed E-state index contributed by atoms with van der Waals surface area (Å²) < 4.78 is 16.2. The number of ether oxygens (including phenoxy) is 3. The molecular weight excluding hydrogens is 388 g/mol. The van der Waals surface area contributed by atoms with E-state index in [1.165, 1.54) is 21.6 Å². The van der Waals surface area contributed by atoms with Gasteiger partial charge in [0.1, 0.15) is 17.5 Å². The molecule has 3 rings (SSSR count). The lowest BCUT2D eigenvalue weighted by Gasteiger charge is -2.14. The molecule has 0 spiro atoms. The Kier molecular flexibility index (Phi) is 6.35. The average molecular weight is 410 g/mol. The zero-order valence-electron chi connectivity index (χ0n) is 15.1. The van der Waals surface area contributed by atoms with Gasteiger partial charge in [0.15, 0.2) is 11.5 Å². The molecule has 0 aromatic heterocycles. The van der Waals surface area contributed by atoms with Crippen molar-refractivity contribution in [2.45, 2.75) is 6.42 Å². The van der Waals surface area contributed by atoms with Crippen molar-refractivity contribution in [2.24, 2.45) is 0 Å². The van der Waals surface area contributed by atoms with Gasteiger partial charge in [-0.1, -0.05) is 30.0 Å². The van der Waals surface area contributed by atoms with E-state index in [0.29, 0.717) is 27.3 Å². The van der Waals surface area contributed by atoms with Crippen LogP contribution in [0.2, 0.25) is 0 Å². The molecule has 1 aromatic carbocycles. The number of nitrogens with one attached hydrogen (secondary N) is 1. The smallest absolute Gasteiger partial charge is 0.307 e. The van der Waals surface area contributed by atoms with Crippen LogP contribution >= 0.6 is 24.0 Å². The van der Waals surface area contributed by atoms with E-state index < -0.39 is 0 Å². The Morgan fingerprint density at radius 3 is 2.93 bits per heavy atom. The Bertz CT molecular complexity index is 794. The van der Waals surface area contributed by atoms with Crippen LogP contribution < -0.4 is 14.4 Å². The summed E-state index contributed by atoms with van der Waals surface area (Å²) in [5, 5.41) is 0. The summed E-state index contributed by atoms with van der Waals surface area (Å²) in [6.07, 6.45) is 1.88. The number of likely N-dealkylation sites (N-methyl/N-ethyl adjacent to an activating group) is 1. The zero-order valence-corrected chi connectivity index (χ0v) is 16.8. The SMILES string of the molecule is C[NH+](C)CCOC(=O)CCN1C(=O)C(=Cc2ccc3c(c2)OCO3)SC1=S. The van der Waals surface area contributed by atoms with E-state index in [9.17, 15) is 9.59 Å². The van der Waals surface area contributed by atoms with Crippen molar-refractivity contribution in [1.29, 1.82) is 0 Å². The minimum atomic E-state index is -0.329. The molecule has 0 atom stereocenters. The van der Waals surface area contributed by atoms with Crippen LogP contribution in [-0.4, -0.2) is 61.7 Å². The van der Waals surface area contributed by atoms with Gasteiger partial charge in [0, 0.05) is 6.54 Å². The highest BCUT2D eigenvalue weighted by atomic mass is 32.2. The monoisotopic (exact) mass is 409 g/mol. The first kappa shape index (κ1) is 19.7.